The Bertz CT molecular complexity index is 852. The predicted molar refractivity (Wildman–Crippen MR) is 73.6 cm³/mol. The van der Waals surface area contributed by atoms with Crippen molar-refractivity contribution in [1.29, 1.82) is 0 Å². The highest BCUT2D eigenvalue weighted by Crippen LogP contribution is 2.36. The van der Waals surface area contributed by atoms with Crippen LogP contribution in [0.3, 0.4) is 0 Å². The van der Waals surface area contributed by atoms with Crippen molar-refractivity contribution >= 4 is 21.9 Å². The molecule has 2 aromatic heterocycles. The van der Waals surface area contributed by atoms with Gasteiger partial charge in [-0.05, 0) is 38.3 Å². The third kappa shape index (κ3) is 1.47. The van der Waals surface area contributed by atoms with Gasteiger partial charge in [0.15, 0.2) is 0 Å². The smallest absolute Gasteiger partial charge is 0.336 e. The molecule has 1 aliphatic carbocycles. The first-order valence-corrected chi connectivity index (χ1v) is 6.72. The van der Waals surface area contributed by atoms with Crippen LogP contribution in [0.5, 0.6) is 0 Å². The maximum atomic E-state index is 11.4. The van der Waals surface area contributed by atoms with Gasteiger partial charge in [-0.25, -0.2) is 4.79 Å². The Morgan fingerprint density at radius 1 is 1.05 bits per heavy atom. The number of aryl methyl sites for hydroxylation is 3. The fourth-order valence-electron chi connectivity index (χ4n) is 3.11. The minimum absolute atomic E-state index is 0.314. The molecule has 0 N–H and O–H groups in total. The molecule has 0 unspecified atom stereocenters. The molecule has 19 heavy (non-hydrogen) atoms. The van der Waals surface area contributed by atoms with Gasteiger partial charge in [0.25, 0.3) is 0 Å². The topological polar surface area (TPSA) is 43.4 Å². The molecule has 0 aliphatic heterocycles. The van der Waals surface area contributed by atoms with Crippen LogP contribution in [0.2, 0.25) is 0 Å². The molecule has 96 valence electrons. The van der Waals surface area contributed by atoms with Crippen molar-refractivity contribution < 1.29 is 8.83 Å². The maximum absolute atomic E-state index is 11.4. The lowest BCUT2D eigenvalue weighted by Crippen LogP contribution is -1.98. The minimum Gasteiger partial charge on any atom is -0.460 e. The van der Waals surface area contributed by atoms with E-state index in [9.17, 15) is 4.79 Å². The van der Waals surface area contributed by atoms with Crippen LogP contribution >= 0.6 is 0 Å². The van der Waals surface area contributed by atoms with Crippen molar-refractivity contribution in [3.8, 4) is 0 Å². The number of fused-ring (bicyclic) bond motifs is 4. The third-order valence-electron chi connectivity index (χ3n) is 4.06. The predicted octanol–water partition coefficient (Wildman–Crippen LogP) is 3.73. The molecule has 0 bridgehead atoms. The maximum Gasteiger partial charge on any atom is 0.336 e. The highest BCUT2D eigenvalue weighted by Gasteiger charge is 2.20. The van der Waals surface area contributed by atoms with Gasteiger partial charge in [-0.1, -0.05) is 0 Å². The molecule has 0 fully saturated rings. The van der Waals surface area contributed by atoms with Gasteiger partial charge in [0.2, 0.25) is 0 Å². The SMILES string of the molecule is Cc1c2oc(=O)ccc2cc2c3c(oc12)CCCC3. The lowest BCUT2D eigenvalue weighted by atomic mass is 9.95. The highest BCUT2D eigenvalue weighted by molar-refractivity contribution is 5.98. The van der Waals surface area contributed by atoms with Crippen LogP contribution in [0, 0.1) is 6.92 Å². The van der Waals surface area contributed by atoms with Gasteiger partial charge >= 0.3 is 5.63 Å². The summed E-state index contributed by atoms with van der Waals surface area (Å²) >= 11 is 0. The average molecular weight is 254 g/mol. The number of furan rings is 1. The largest absolute Gasteiger partial charge is 0.460 e. The van der Waals surface area contributed by atoms with Gasteiger partial charge < -0.3 is 8.83 Å². The summed E-state index contributed by atoms with van der Waals surface area (Å²) < 4.78 is 11.3. The third-order valence-corrected chi connectivity index (χ3v) is 4.06. The van der Waals surface area contributed by atoms with Crippen molar-refractivity contribution in [3.63, 3.8) is 0 Å². The molecule has 2 heterocycles. The summed E-state index contributed by atoms with van der Waals surface area (Å²) in [6.07, 6.45) is 4.52. The van der Waals surface area contributed by atoms with E-state index in [1.807, 2.05) is 13.0 Å². The zero-order valence-electron chi connectivity index (χ0n) is 10.8. The lowest BCUT2D eigenvalue weighted by molar-refractivity contribution is 0.503. The molecule has 1 aliphatic rings. The summed E-state index contributed by atoms with van der Waals surface area (Å²) in [5, 5.41) is 2.16. The molecule has 0 radical (unpaired) electrons. The van der Waals surface area contributed by atoms with Crippen LogP contribution in [-0.2, 0) is 12.8 Å². The summed E-state index contributed by atoms with van der Waals surface area (Å²) in [6, 6.07) is 5.39. The van der Waals surface area contributed by atoms with Crippen molar-refractivity contribution in [2.24, 2.45) is 0 Å². The van der Waals surface area contributed by atoms with Crippen molar-refractivity contribution in [2.45, 2.75) is 32.6 Å². The van der Waals surface area contributed by atoms with Gasteiger partial charge in [-0.15, -0.1) is 0 Å². The fraction of sp³-hybridized carbons (Fsp3) is 0.312. The molecular weight excluding hydrogens is 240 g/mol. The first-order valence-electron chi connectivity index (χ1n) is 6.72. The molecule has 0 amide bonds. The molecule has 0 spiro atoms. The first-order chi connectivity index (χ1) is 9.24. The second-order valence-corrected chi connectivity index (χ2v) is 5.26. The van der Waals surface area contributed by atoms with Crippen molar-refractivity contribution in [2.75, 3.05) is 0 Å². The molecule has 0 saturated carbocycles. The normalized spacial score (nSPS) is 15.0. The van der Waals surface area contributed by atoms with E-state index in [1.165, 1.54) is 29.9 Å². The summed E-state index contributed by atoms with van der Waals surface area (Å²) in [7, 11) is 0. The van der Waals surface area contributed by atoms with Gasteiger partial charge in [0.1, 0.15) is 16.9 Å². The molecule has 0 saturated heterocycles. The Morgan fingerprint density at radius 3 is 2.79 bits per heavy atom. The monoisotopic (exact) mass is 254 g/mol. The van der Waals surface area contributed by atoms with Gasteiger partial charge in [-0.2, -0.15) is 0 Å². The van der Waals surface area contributed by atoms with Crippen LogP contribution in [0.15, 0.2) is 31.8 Å². The van der Waals surface area contributed by atoms with E-state index in [1.54, 1.807) is 0 Å². The lowest BCUT2D eigenvalue weighted by Gasteiger charge is -2.08. The fourth-order valence-corrected chi connectivity index (χ4v) is 3.11. The Morgan fingerprint density at radius 2 is 1.89 bits per heavy atom. The summed E-state index contributed by atoms with van der Waals surface area (Å²) in [5.41, 5.74) is 3.49. The van der Waals surface area contributed by atoms with Gasteiger partial charge in [0.05, 0.1) is 0 Å². The summed E-state index contributed by atoms with van der Waals surface area (Å²) in [5.74, 6) is 1.11. The van der Waals surface area contributed by atoms with E-state index in [0.29, 0.717) is 5.58 Å². The molecule has 3 aromatic rings. The zero-order chi connectivity index (χ0) is 13.0. The average Bonchev–Trinajstić information content (AvgIpc) is 2.79. The molecular formula is C16H14O3. The molecule has 0 atom stereocenters. The van der Waals surface area contributed by atoms with E-state index >= 15 is 0 Å². The molecule has 3 nitrogen and oxygen atoms in total. The van der Waals surface area contributed by atoms with Crippen LogP contribution < -0.4 is 5.63 Å². The molecule has 1 aromatic carbocycles. The van der Waals surface area contributed by atoms with Gasteiger partial charge in [-0.3, -0.25) is 0 Å². The first kappa shape index (κ1) is 10.9. The van der Waals surface area contributed by atoms with Crippen molar-refractivity contribution in [1.82, 2.24) is 0 Å². The molecule has 3 heteroatoms. The van der Waals surface area contributed by atoms with Gasteiger partial charge in [0, 0.05) is 34.4 Å². The van der Waals surface area contributed by atoms with Crippen LogP contribution in [0.4, 0.5) is 0 Å². The van der Waals surface area contributed by atoms with Crippen LogP contribution in [0.25, 0.3) is 21.9 Å². The van der Waals surface area contributed by atoms with E-state index in [4.69, 9.17) is 8.83 Å². The number of hydrogen-bond donors (Lipinski definition) is 0. The quantitative estimate of drug-likeness (QED) is 0.574. The Hall–Kier alpha value is -2.03. The Labute approximate surface area is 109 Å². The summed E-state index contributed by atoms with van der Waals surface area (Å²) in [6.45, 7) is 1.96. The number of benzene rings is 1. The minimum atomic E-state index is -0.314. The van der Waals surface area contributed by atoms with Crippen molar-refractivity contribution in [3.05, 3.63) is 45.5 Å². The number of hydrogen-bond acceptors (Lipinski definition) is 3. The second-order valence-electron chi connectivity index (χ2n) is 5.26. The van der Waals surface area contributed by atoms with Crippen LogP contribution in [0.1, 0.15) is 29.7 Å². The Kier molecular flexibility index (Phi) is 2.13. The summed E-state index contributed by atoms with van der Waals surface area (Å²) in [4.78, 5) is 11.4. The molecule has 4 rings (SSSR count). The van der Waals surface area contributed by atoms with E-state index < -0.39 is 0 Å². The standard InChI is InChI=1S/C16H14O3/c1-9-15-10(6-7-14(17)19-15)8-12-11-4-2-3-5-13(11)18-16(9)12/h6-8H,2-5H2,1H3. The van der Waals surface area contributed by atoms with E-state index in [-0.39, 0.29) is 5.63 Å². The highest BCUT2D eigenvalue weighted by atomic mass is 16.4. The Balaban J connectivity index is 2.18. The van der Waals surface area contributed by atoms with E-state index in [2.05, 4.69) is 6.07 Å². The zero-order valence-corrected chi connectivity index (χ0v) is 10.8. The van der Waals surface area contributed by atoms with E-state index in [0.717, 1.165) is 35.1 Å². The number of rotatable bonds is 0. The van der Waals surface area contributed by atoms with Crippen LogP contribution in [-0.4, -0.2) is 0 Å². The second kappa shape index (κ2) is 3.73.